The maximum Gasteiger partial charge on any atom is 0.223 e. The molecule has 5 heteroatoms. The van der Waals surface area contributed by atoms with Gasteiger partial charge in [-0.05, 0) is 24.5 Å². The number of nitrogens with two attached hydrogens (primary N) is 1. The van der Waals surface area contributed by atoms with Gasteiger partial charge in [-0.1, -0.05) is 24.3 Å². The quantitative estimate of drug-likeness (QED) is 0.917. The molecule has 2 N–H and O–H groups in total. The Kier molecular flexibility index (Phi) is 6.99. The molecular formula is C15H23ClN2O2. The minimum Gasteiger partial charge on any atom is -0.373 e. The Balaban J connectivity index is 0.00000200. The van der Waals surface area contributed by atoms with Crippen LogP contribution in [-0.2, 0) is 16.0 Å². The molecule has 0 aromatic heterocycles. The summed E-state index contributed by atoms with van der Waals surface area (Å²) in [7, 11) is 0. The highest BCUT2D eigenvalue weighted by Gasteiger charge is 2.22. The van der Waals surface area contributed by atoms with E-state index in [1.165, 1.54) is 11.1 Å². The third kappa shape index (κ3) is 4.47. The van der Waals surface area contributed by atoms with Crippen molar-refractivity contribution in [2.45, 2.75) is 25.9 Å². The van der Waals surface area contributed by atoms with Crippen molar-refractivity contribution < 1.29 is 9.53 Å². The molecule has 1 amide bonds. The van der Waals surface area contributed by atoms with Crippen molar-refractivity contribution in [3.05, 3.63) is 35.4 Å². The zero-order valence-corrected chi connectivity index (χ0v) is 12.7. The van der Waals surface area contributed by atoms with E-state index in [1.807, 2.05) is 17.0 Å². The molecule has 1 aromatic rings. The maximum atomic E-state index is 12.2. The zero-order chi connectivity index (χ0) is 13.7. The Labute approximate surface area is 126 Å². The number of carbonyl (C=O) groups is 1. The number of hydrogen-bond acceptors (Lipinski definition) is 3. The van der Waals surface area contributed by atoms with Crippen LogP contribution in [0, 0.1) is 6.92 Å². The first-order valence-electron chi connectivity index (χ1n) is 6.84. The van der Waals surface area contributed by atoms with E-state index in [9.17, 15) is 4.79 Å². The molecule has 1 aromatic carbocycles. The largest absolute Gasteiger partial charge is 0.373 e. The number of rotatable bonds is 4. The second-order valence-corrected chi connectivity index (χ2v) is 4.99. The highest BCUT2D eigenvalue weighted by Crippen LogP contribution is 2.12. The van der Waals surface area contributed by atoms with Crippen LogP contribution >= 0.6 is 12.4 Å². The van der Waals surface area contributed by atoms with E-state index in [1.54, 1.807) is 0 Å². The van der Waals surface area contributed by atoms with Gasteiger partial charge in [0, 0.05) is 26.1 Å². The minimum atomic E-state index is -0.00355. The topological polar surface area (TPSA) is 55.6 Å². The molecule has 0 saturated carbocycles. The van der Waals surface area contributed by atoms with Gasteiger partial charge in [-0.3, -0.25) is 4.79 Å². The summed E-state index contributed by atoms with van der Waals surface area (Å²) in [6.07, 6.45) is 1.36. The Morgan fingerprint density at radius 3 is 2.90 bits per heavy atom. The Hall–Kier alpha value is -1.10. The summed E-state index contributed by atoms with van der Waals surface area (Å²) in [5, 5.41) is 0. The number of morpholine rings is 1. The Morgan fingerprint density at radius 2 is 2.20 bits per heavy atom. The molecule has 0 aliphatic carbocycles. The number of hydrogen-bond donors (Lipinski definition) is 1. The van der Waals surface area contributed by atoms with Gasteiger partial charge >= 0.3 is 0 Å². The number of aryl methyl sites for hydroxylation is 2. The van der Waals surface area contributed by atoms with Gasteiger partial charge in [-0.2, -0.15) is 0 Å². The molecule has 112 valence electrons. The van der Waals surface area contributed by atoms with Gasteiger partial charge in [0.05, 0.1) is 12.7 Å². The summed E-state index contributed by atoms with van der Waals surface area (Å²) in [6, 6.07) is 8.21. The van der Waals surface area contributed by atoms with Crippen LogP contribution in [0.3, 0.4) is 0 Å². The molecule has 0 radical (unpaired) electrons. The average molecular weight is 299 g/mol. The van der Waals surface area contributed by atoms with Gasteiger partial charge in [-0.25, -0.2) is 0 Å². The van der Waals surface area contributed by atoms with E-state index < -0.39 is 0 Å². The molecule has 1 aliphatic heterocycles. The zero-order valence-electron chi connectivity index (χ0n) is 11.9. The van der Waals surface area contributed by atoms with Gasteiger partial charge in [-0.15, -0.1) is 12.4 Å². The number of ether oxygens (including phenoxy) is 1. The maximum absolute atomic E-state index is 12.2. The molecule has 1 fully saturated rings. The van der Waals surface area contributed by atoms with Gasteiger partial charge in [0.1, 0.15) is 0 Å². The van der Waals surface area contributed by atoms with Crippen LogP contribution in [0.4, 0.5) is 0 Å². The van der Waals surface area contributed by atoms with E-state index in [4.69, 9.17) is 10.5 Å². The molecule has 20 heavy (non-hydrogen) atoms. The van der Waals surface area contributed by atoms with Crippen LogP contribution in [0.15, 0.2) is 24.3 Å². The van der Waals surface area contributed by atoms with Crippen LogP contribution in [0.5, 0.6) is 0 Å². The standard InChI is InChI=1S/C15H22N2O2.ClH/c1-12-4-2-3-5-13(12)6-7-15(18)17-8-9-19-14(10-16)11-17;/h2-5,14H,6-11,16H2,1H3;1H. The molecule has 1 unspecified atom stereocenters. The summed E-state index contributed by atoms with van der Waals surface area (Å²) in [4.78, 5) is 14.0. The summed E-state index contributed by atoms with van der Waals surface area (Å²) in [5.41, 5.74) is 8.08. The Morgan fingerprint density at radius 1 is 1.45 bits per heavy atom. The van der Waals surface area contributed by atoms with Crippen LogP contribution < -0.4 is 5.73 Å². The predicted molar refractivity (Wildman–Crippen MR) is 82.1 cm³/mol. The van der Waals surface area contributed by atoms with E-state index in [2.05, 4.69) is 19.1 Å². The van der Waals surface area contributed by atoms with Crippen molar-refractivity contribution in [3.8, 4) is 0 Å². The average Bonchev–Trinajstić information content (AvgIpc) is 2.46. The highest BCUT2D eigenvalue weighted by molar-refractivity contribution is 5.85. The molecule has 4 nitrogen and oxygen atoms in total. The lowest BCUT2D eigenvalue weighted by Crippen LogP contribution is -2.48. The number of amides is 1. The minimum absolute atomic E-state index is 0. The van der Waals surface area contributed by atoms with Crippen molar-refractivity contribution in [2.75, 3.05) is 26.2 Å². The monoisotopic (exact) mass is 298 g/mol. The van der Waals surface area contributed by atoms with Crippen molar-refractivity contribution in [1.82, 2.24) is 4.90 Å². The summed E-state index contributed by atoms with van der Waals surface area (Å²) in [5.74, 6) is 0.199. The van der Waals surface area contributed by atoms with Gasteiger partial charge in [0.2, 0.25) is 5.91 Å². The van der Waals surface area contributed by atoms with Crippen molar-refractivity contribution in [1.29, 1.82) is 0 Å². The van der Waals surface area contributed by atoms with E-state index in [0.717, 1.165) is 6.42 Å². The van der Waals surface area contributed by atoms with Crippen LogP contribution in [0.25, 0.3) is 0 Å². The normalized spacial score (nSPS) is 18.5. The van der Waals surface area contributed by atoms with Crippen molar-refractivity contribution in [3.63, 3.8) is 0 Å². The molecule has 0 spiro atoms. The second kappa shape index (κ2) is 8.25. The molecule has 1 aliphatic rings. The number of carbonyl (C=O) groups excluding carboxylic acids is 1. The molecule has 1 atom stereocenters. The molecule has 0 bridgehead atoms. The van der Waals surface area contributed by atoms with Crippen LogP contribution in [0.1, 0.15) is 17.5 Å². The van der Waals surface area contributed by atoms with Crippen LogP contribution in [0.2, 0.25) is 0 Å². The van der Waals surface area contributed by atoms with Crippen LogP contribution in [-0.4, -0.2) is 43.2 Å². The molecule has 2 rings (SSSR count). The molecular weight excluding hydrogens is 276 g/mol. The number of benzene rings is 1. The second-order valence-electron chi connectivity index (χ2n) is 4.99. The summed E-state index contributed by atoms with van der Waals surface area (Å²) in [6.45, 7) is 4.46. The lowest BCUT2D eigenvalue weighted by molar-refractivity contribution is -0.138. The first-order valence-corrected chi connectivity index (χ1v) is 6.84. The summed E-state index contributed by atoms with van der Waals surface area (Å²) >= 11 is 0. The van der Waals surface area contributed by atoms with Crippen molar-refractivity contribution >= 4 is 18.3 Å². The number of nitrogens with zero attached hydrogens (tertiary/aromatic N) is 1. The third-order valence-electron chi connectivity index (χ3n) is 3.62. The fourth-order valence-electron chi connectivity index (χ4n) is 2.38. The van der Waals surface area contributed by atoms with Crippen molar-refractivity contribution in [2.24, 2.45) is 5.73 Å². The Bertz CT molecular complexity index is 440. The number of halogens is 1. The fraction of sp³-hybridized carbons (Fsp3) is 0.533. The SMILES string of the molecule is Cc1ccccc1CCC(=O)N1CCOC(CN)C1.Cl. The molecule has 1 saturated heterocycles. The van der Waals surface area contributed by atoms with Gasteiger partial charge in [0.25, 0.3) is 0 Å². The van der Waals surface area contributed by atoms with E-state index >= 15 is 0 Å². The van der Waals surface area contributed by atoms with Gasteiger partial charge < -0.3 is 15.4 Å². The predicted octanol–water partition coefficient (Wildman–Crippen LogP) is 1.54. The summed E-state index contributed by atoms with van der Waals surface area (Å²) < 4.78 is 5.47. The van der Waals surface area contributed by atoms with Gasteiger partial charge in [0.15, 0.2) is 0 Å². The third-order valence-corrected chi connectivity index (χ3v) is 3.62. The first-order chi connectivity index (χ1) is 9.20. The smallest absolute Gasteiger partial charge is 0.223 e. The van der Waals surface area contributed by atoms with E-state index in [0.29, 0.717) is 32.7 Å². The lowest BCUT2D eigenvalue weighted by Gasteiger charge is -2.32. The highest BCUT2D eigenvalue weighted by atomic mass is 35.5. The molecule has 1 heterocycles. The first kappa shape index (κ1) is 17.0. The van der Waals surface area contributed by atoms with E-state index in [-0.39, 0.29) is 24.4 Å². The lowest BCUT2D eigenvalue weighted by atomic mass is 10.0. The fourth-order valence-corrected chi connectivity index (χ4v) is 2.38.